The van der Waals surface area contributed by atoms with Gasteiger partial charge in [0.05, 0.1) is 0 Å². The second-order valence-electron chi connectivity index (χ2n) is 3.48. The molecule has 1 aromatic rings. The molecule has 0 spiro atoms. The van der Waals surface area contributed by atoms with E-state index in [0.717, 1.165) is 12.2 Å². The maximum atomic E-state index is 11.7. The average molecular weight is 227 g/mol. The molecule has 0 unspecified atom stereocenters. The van der Waals surface area contributed by atoms with Gasteiger partial charge in [0, 0.05) is 17.3 Å². The Bertz CT molecular complexity index is 541. The Morgan fingerprint density at radius 3 is 2.29 bits per heavy atom. The van der Waals surface area contributed by atoms with E-state index < -0.39 is 11.6 Å². The summed E-state index contributed by atoms with van der Waals surface area (Å²) in [5.41, 5.74) is 0.814. The quantitative estimate of drug-likeness (QED) is 0.605. The van der Waals surface area contributed by atoms with E-state index in [1.165, 1.54) is 6.08 Å². The predicted molar refractivity (Wildman–Crippen MR) is 61.1 cm³/mol. The van der Waals surface area contributed by atoms with Crippen LogP contribution in [0.1, 0.15) is 10.4 Å². The van der Waals surface area contributed by atoms with Gasteiger partial charge >= 0.3 is 0 Å². The number of amides is 1. The number of carbonyl (C=O) groups excluding carboxylic acids is 3. The topological polar surface area (TPSA) is 63.2 Å². The fourth-order valence-corrected chi connectivity index (χ4v) is 1.38. The summed E-state index contributed by atoms with van der Waals surface area (Å²) in [7, 11) is 0. The molecule has 0 aromatic heterocycles. The highest BCUT2D eigenvalue weighted by Gasteiger charge is 2.15. The van der Waals surface area contributed by atoms with Crippen LogP contribution in [0.3, 0.4) is 0 Å². The fraction of sp³-hybridized carbons (Fsp3) is 0. The van der Waals surface area contributed by atoms with Crippen molar-refractivity contribution in [2.45, 2.75) is 0 Å². The van der Waals surface area contributed by atoms with Gasteiger partial charge in [-0.05, 0) is 24.3 Å². The molecule has 0 heterocycles. The first-order valence-corrected chi connectivity index (χ1v) is 5.01. The number of carbonyl (C=O) groups is 3. The Hall–Kier alpha value is -2.49. The summed E-state index contributed by atoms with van der Waals surface area (Å²) in [5.74, 6) is -1.53. The van der Waals surface area contributed by atoms with Gasteiger partial charge < -0.3 is 5.32 Å². The van der Waals surface area contributed by atoms with E-state index in [0.29, 0.717) is 11.3 Å². The SMILES string of the molecule is O=C1C=CC(NC(=O)c2ccccc2)=CC1=O. The van der Waals surface area contributed by atoms with Gasteiger partial charge in [0.2, 0.25) is 11.6 Å². The van der Waals surface area contributed by atoms with Crippen molar-refractivity contribution in [1.82, 2.24) is 5.32 Å². The molecule has 0 radical (unpaired) electrons. The Morgan fingerprint density at radius 2 is 1.65 bits per heavy atom. The van der Waals surface area contributed by atoms with Gasteiger partial charge in [-0.15, -0.1) is 0 Å². The third-order valence-corrected chi connectivity index (χ3v) is 2.24. The van der Waals surface area contributed by atoms with Crippen molar-refractivity contribution in [2.75, 3.05) is 0 Å². The van der Waals surface area contributed by atoms with Gasteiger partial charge in [-0.2, -0.15) is 0 Å². The normalized spacial score (nSPS) is 14.5. The monoisotopic (exact) mass is 227 g/mol. The van der Waals surface area contributed by atoms with Crippen molar-refractivity contribution in [3.05, 3.63) is 59.8 Å². The molecule has 1 amide bonds. The molecule has 1 N–H and O–H groups in total. The van der Waals surface area contributed by atoms with Crippen LogP contribution < -0.4 is 5.32 Å². The lowest BCUT2D eigenvalue weighted by Crippen LogP contribution is -2.25. The minimum Gasteiger partial charge on any atom is -0.322 e. The number of benzene rings is 1. The number of nitrogens with one attached hydrogen (secondary N) is 1. The van der Waals surface area contributed by atoms with Gasteiger partial charge in [0.25, 0.3) is 5.91 Å². The highest BCUT2D eigenvalue weighted by atomic mass is 16.2. The molecule has 1 aliphatic rings. The standard InChI is InChI=1S/C13H9NO3/c15-11-7-6-10(8-12(11)16)14-13(17)9-4-2-1-3-5-9/h1-8H,(H,14,17). The van der Waals surface area contributed by atoms with Crippen LogP contribution in [0.2, 0.25) is 0 Å². The number of hydrogen-bond acceptors (Lipinski definition) is 3. The zero-order valence-electron chi connectivity index (χ0n) is 8.84. The first-order valence-electron chi connectivity index (χ1n) is 5.01. The predicted octanol–water partition coefficient (Wildman–Crippen LogP) is 1.01. The first kappa shape index (κ1) is 11.0. The third kappa shape index (κ3) is 2.55. The summed E-state index contributed by atoms with van der Waals surface area (Å²) in [6, 6.07) is 8.62. The van der Waals surface area contributed by atoms with Crippen molar-refractivity contribution in [3.8, 4) is 0 Å². The second-order valence-corrected chi connectivity index (χ2v) is 3.48. The smallest absolute Gasteiger partial charge is 0.255 e. The highest BCUT2D eigenvalue weighted by molar-refractivity contribution is 6.46. The molecule has 0 saturated carbocycles. The lowest BCUT2D eigenvalue weighted by atomic mass is 10.1. The third-order valence-electron chi connectivity index (χ3n) is 2.24. The average Bonchev–Trinajstić information content (AvgIpc) is 2.35. The summed E-state index contributed by atoms with van der Waals surface area (Å²) < 4.78 is 0. The van der Waals surface area contributed by atoms with E-state index in [1.54, 1.807) is 30.3 Å². The van der Waals surface area contributed by atoms with Crippen LogP contribution in [0.25, 0.3) is 0 Å². The zero-order valence-corrected chi connectivity index (χ0v) is 8.84. The summed E-state index contributed by atoms with van der Waals surface area (Å²) in [6.07, 6.45) is 3.66. The van der Waals surface area contributed by atoms with E-state index in [9.17, 15) is 14.4 Å². The van der Waals surface area contributed by atoms with Crippen molar-refractivity contribution in [3.63, 3.8) is 0 Å². The molecule has 0 atom stereocenters. The largest absolute Gasteiger partial charge is 0.322 e. The molecule has 17 heavy (non-hydrogen) atoms. The summed E-state index contributed by atoms with van der Waals surface area (Å²) in [6.45, 7) is 0. The van der Waals surface area contributed by atoms with E-state index in [4.69, 9.17) is 0 Å². The minimum atomic E-state index is -0.629. The van der Waals surface area contributed by atoms with E-state index in [2.05, 4.69) is 5.32 Å². The number of allylic oxidation sites excluding steroid dienone is 3. The number of hydrogen-bond donors (Lipinski definition) is 1. The van der Waals surface area contributed by atoms with Crippen LogP contribution in [-0.4, -0.2) is 17.5 Å². The van der Waals surface area contributed by atoms with Crippen molar-refractivity contribution in [2.24, 2.45) is 0 Å². The molecule has 84 valence electrons. The van der Waals surface area contributed by atoms with Crippen LogP contribution in [0, 0.1) is 0 Å². The van der Waals surface area contributed by atoms with Crippen molar-refractivity contribution < 1.29 is 14.4 Å². The van der Waals surface area contributed by atoms with Crippen LogP contribution in [0.15, 0.2) is 54.3 Å². The Morgan fingerprint density at radius 1 is 0.941 bits per heavy atom. The van der Waals surface area contributed by atoms with Gasteiger partial charge in [0.1, 0.15) is 0 Å². The molecule has 2 rings (SSSR count). The van der Waals surface area contributed by atoms with Gasteiger partial charge in [-0.1, -0.05) is 18.2 Å². The minimum absolute atomic E-state index is 0.316. The highest BCUT2D eigenvalue weighted by Crippen LogP contribution is 2.04. The Kier molecular flexibility index (Phi) is 2.96. The van der Waals surface area contributed by atoms with E-state index in [1.807, 2.05) is 0 Å². The van der Waals surface area contributed by atoms with Crippen molar-refractivity contribution >= 4 is 17.5 Å². The number of ketones is 2. The van der Waals surface area contributed by atoms with Gasteiger partial charge in [-0.3, -0.25) is 14.4 Å². The van der Waals surface area contributed by atoms with Crippen LogP contribution in [0.5, 0.6) is 0 Å². The maximum Gasteiger partial charge on any atom is 0.255 e. The molecule has 1 aromatic carbocycles. The second kappa shape index (κ2) is 4.57. The molecule has 1 aliphatic carbocycles. The summed E-state index contributed by atoms with van der Waals surface area (Å²) in [5, 5.41) is 2.55. The van der Waals surface area contributed by atoms with E-state index >= 15 is 0 Å². The molecule has 4 heteroatoms. The van der Waals surface area contributed by atoms with Crippen LogP contribution in [0.4, 0.5) is 0 Å². The van der Waals surface area contributed by atoms with Crippen LogP contribution >= 0.6 is 0 Å². The summed E-state index contributed by atoms with van der Waals surface area (Å²) >= 11 is 0. The molecular weight excluding hydrogens is 218 g/mol. The Labute approximate surface area is 97.6 Å². The molecule has 4 nitrogen and oxygen atoms in total. The van der Waals surface area contributed by atoms with Gasteiger partial charge in [-0.25, -0.2) is 0 Å². The van der Waals surface area contributed by atoms with Crippen LogP contribution in [-0.2, 0) is 9.59 Å². The lowest BCUT2D eigenvalue weighted by Gasteiger charge is -2.07. The molecule has 0 saturated heterocycles. The first-order chi connectivity index (χ1) is 8.16. The van der Waals surface area contributed by atoms with Crippen molar-refractivity contribution in [1.29, 1.82) is 0 Å². The molecule has 0 bridgehead atoms. The van der Waals surface area contributed by atoms with Gasteiger partial charge in [0.15, 0.2) is 0 Å². The molecular formula is C13H9NO3. The lowest BCUT2D eigenvalue weighted by molar-refractivity contribution is -0.131. The molecule has 0 aliphatic heterocycles. The maximum absolute atomic E-state index is 11.7. The zero-order chi connectivity index (χ0) is 12.3. The fourth-order valence-electron chi connectivity index (χ4n) is 1.38. The molecule has 0 fully saturated rings. The Balaban J connectivity index is 2.11. The summed E-state index contributed by atoms with van der Waals surface area (Å²) in [4.78, 5) is 33.7. The number of rotatable bonds is 2. The van der Waals surface area contributed by atoms with E-state index in [-0.39, 0.29) is 5.91 Å².